The van der Waals surface area contributed by atoms with Gasteiger partial charge >= 0.3 is 18.4 Å². The van der Waals surface area contributed by atoms with Gasteiger partial charge in [0.05, 0.1) is 17.2 Å². The van der Waals surface area contributed by atoms with Gasteiger partial charge in [-0.05, 0) is 59.7 Å². The number of alkyl halides is 3. The number of hydrogen-bond donors (Lipinski definition) is 4. The van der Waals surface area contributed by atoms with Crippen LogP contribution in [0.5, 0.6) is 5.75 Å². The monoisotopic (exact) mass is 640 g/mol. The van der Waals surface area contributed by atoms with Crippen molar-refractivity contribution in [1.82, 2.24) is 15.6 Å². The molecule has 0 spiro atoms. The molecule has 45 heavy (non-hydrogen) atoms. The molecular formula is C32H31F3N4O5S. The number of anilines is 1. The van der Waals surface area contributed by atoms with Crippen molar-refractivity contribution in [3.8, 4) is 5.75 Å². The van der Waals surface area contributed by atoms with Crippen molar-refractivity contribution < 1.29 is 37.4 Å². The largest absolute Gasteiger partial charge is 0.573 e. The fourth-order valence-electron chi connectivity index (χ4n) is 5.42. The summed E-state index contributed by atoms with van der Waals surface area (Å²) in [6, 6.07) is 17.5. The summed E-state index contributed by atoms with van der Waals surface area (Å²) in [6.45, 7) is -0.0107. The fourth-order valence-corrected chi connectivity index (χ4v) is 6.29. The minimum absolute atomic E-state index is 0.0107. The number of carboxylic acids is 1. The summed E-state index contributed by atoms with van der Waals surface area (Å²) < 4.78 is 43.1. The number of hydrogen-bond acceptors (Lipinski definition) is 6. The summed E-state index contributed by atoms with van der Waals surface area (Å²) in [5.74, 6) is -1.42. The van der Waals surface area contributed by atoms with Crippen molar-refractivity contribution in [1.29, 1.82) is 0 Å². The fraction of sp³-hybridized carbons (Fsp3) is 0.312. The Balaban J connectivity index is 1.36. The molecule has 9 nitrogen and oxygen atoms in total. The SMILES string of the molecule is O=C(O)CCNC(=O)c1ccc(C(NC(=O)Nc2nc3c(OC(F)(F)F)cccc3s2)c2ccc(C3CCCCC3)cc2)cc1. The second kappa shape index (κ2) is 14.0. The third kappa shape index (κ3) is 8.50. The number of aliphatic carboxylic acids is 1. The van der Waals surface area contributed by atoms with Gasteiger partial charge in [0.2, 0.25) is 0 Å². The Hall–Kier alpha value is -4.65. The van der Waals surface area contributed by atoms with Crippen molar-refractivity contribution >= 4 is 44.6 Å². The average Bonchev–Trinajstić information content (AvgIpc) is 3.43. The standard InChI is InChI=1S/C32H31F3N4O5S/c33-32(34,35)44-24-7-4-8-25-28(24)38-31(45-25)39-30(43)37-27(21-11-9-20(10-12-21)19-5-2-1-3-6-19)22-13-15-23(16-14-22)29(42)36-18-17-26(40)41/h4,7-16,19,27H,1-3,5-6,17-18H2,(H,36,42)(H,40,41)(H2,37,38,39,43). The number of aromatic nitrogens is 1. The zero-order valence-corrected chi connectivity index (χ0v) is 24.8. The minimum Gasteiger partial charge on any atom is -0.481 e. The number of carboxylic acid groups (broad SMARTS) is 1. The molecule has 1 aromatic heterocycles. The number of carbonyl (C=O) groups is 3. The van der Waals surface area contributed by atoms with E-state index >= 15 is 0 Å². The Kier molecular flexibility index (Phi) is 9.87. The van der Waals surface area contributed by atoms with Gasteiger partial charge in [-0.25, -0.2) is 9.78 Å². The van der Waals surface area contributed by atoms with Crippen LogP contribution in [0.25, 0.3) is 10.2 Å². The zero-order chi connectivity index (χ0) is 32.0. The Labute approximate surface area is 260 Å². The summed E-state index contributed by atoms with van der Waals surface area (Å²) in [4.78, 5) is 40.6. The van der Waals surface area contributed by atoms with E-state index in [1.54, 1.807) is 30.3 Å². The molecule has 0 radical (unpaired) electrons. The van der Waals surface area contributed by atoms with Gasteiger partial charge in [0.15, 0.2) is 10.9 Å². The van der Waals surface area contributed by atoms with Gasteiger partial charge in [0, 0.05) is 12.1 Å². The van der Waals surface area contributed by atoms with Crippen LogP contribution in [0.15, 0.2) is 66.7 Å². The number of nitrogens with zero attached hydrogens (tertiary/aromatic N) is 1. The Morgan fingerprint density at radius 3 is 2.27 bits per heavy atom. The topological polar surface area (TPSA) is 130 Å². The number of rotatable bonds is 10. The van der Waals surface area contributed by atoms with Gasteiger partial charge in [-0.2, -0.15) is 0 Å². The number of amides is 3. The lowest BCUT2D eigenvalue weighted by Crippen LogP contribution is -2.33. The predicted molar refractivity (Wildman–Crippen MR) is 164 cm³/mol. The molecule has 1 atom stereocenters. The van der Waals surface area contributed by atoms with Crippen molar-refractivity contribution in [3.05, 3.63) is 89.0 Å². The second-order valence-electron chi connectivity index (χ2n) is 10.7. The predicted octanol–water partition coefficient (Wildman–Crippen LogP) is 7.36. The molecule has 0 saturated heterocycles. The number of halogens is 3. The molecule has 3 aromatic carbocycles. The van der Waals surface area contributed by atoms with E-state index in [2.05, 4.69) is 37.8 Å². The molecule has 1 heterocycles. The molecule has 3 amide bonds. The molecule has 0 aliphatic heterocycles. The van der Waals surface area contributed by atoms with Gasteiger partial charge in [-0.15, -0.1) is 13.2 Å². The second-order valence-corrected chi connectivity index (χ2v) is 11.8. The molecule has 1 aliphatic rings. The van der Waals surface area contributed by atoms with Crippen molar-refractivity contribution in [3.63, 3.8) is 0 Å². The summed E-state index contributed by atoms with van der Waals surface area (Å²) in [6.07, 6.45) is 0.818. The lowest BCUT2D eigenvalue weighted by atomic mass is 9.83. The van der Waals surface area contributed by atoms with E-state index < -0.39 is 36.1 Å². The molecule has 1 unspecified atom stereocenters. The van der Waals surface area contributed by atoms with Crippen molar-refractivity contribution in [2.75, 3.05) is 11.9 Å². The van der Waals surface area contributed by atoms with Crippen molar-refractivity contribution in [2.45, 2.75) is 56.8 Å². The molecule has 0 bridgehead atoms. The van der Waals surface area contributed by atoms with E-state index in [1.807, 2.05) is 12.1 Å². The maximum Gasteiger partial charge on any atom is 0.573 e. The number of benzene rings is 3. The molecule has 4 aromatic rings. The molecular weight excluding hydrogens is 609 g/mol. The van der Waals surface area contributed by atoms with E-state index in [9.17, 15) is 27.6 Å². The lowest BCUT2D eigenvalue weighted by Gasteiger charge is -2.24. The summed E-state index contributed by atoms with van der Waals surface area (Å²) in [5.41, 5.74) is 2.99. The van der Waals surface area contributed by atoms with E-state index in [0.717, 1.165) is 35.8 Å². The smallest absolute Gasteiger partial charge is 0.481 e. The Morgan fingerprint density at radius 1 is 0.956 bits per heavy atom. The highest BCUT2D eigenvalue weighted by Gasteiger charge is 2.32. The summed E-state index contributed by atoms with van der Waals surface area (Å²) >= 11 is 1.00. The van der Waals surface area contributed by atoms with Crippen LogP contribution >= 0.6 is 11.3 Å². The maximum atomic E-state index is 13.2. The molecule has 13 heteroatoms. The first-order chi connectivity index (χ1) is 21.6. The summed E-state index contributed by atoms with van der Waals surface area (Å²) in [5, 5.41) is 17.0. The first-order valence-electron chi connectivity index (χ1n) is 14.5. The first kappa shape index (κ1) is 31.8. The molecule has 5 rings (SSSR count). The van der Waals surface area contributed by atoms with Crippen LogP contribution in [0.2, 0.25) is 0 Å². The number of para-hydroxylation sites is 1. The quantitative estimate of drug-likeness (QED) is 0.143. The van der Waals surface area contributed by atoms with E-state index in [4.69, 9.17) is 5.11 Å². The maximum absolute atomic E-state index is 13.2. The van der Waals surface area contributed by atoms with Crippen LogP contribution in [0.3, 0.4) is 0 Å². The van der Waals surface area contributed by atoms with Crippen LogP contribution < -0.4 is 20.7 Å². The third-order valence-electron chi connectivity index (χ3n) is 7.58. The molecule has 1 aliphatic carbocycles. The first-order valence-corrected chi connectivity index (χ1v) is 15.3. The van der Waals surface area contributed by atoms with Crippen LogP contribution in [-0.2, 0) is 4.79 Å². The number of thiazole rings is 1. The molecule has 236 valence electrons. The molecule has 1 fully saturated rings. The average molecular weight is 641 g/mol. The molecule has 1 saturated carbocycles. The lowest BCUT2D eigenvalue weighted by molar-refractivity contribution is -0.274. The number of carbonyl (C=O) groups excluding carboxylic acids is 2. The number of fused-ring (bicyclic) bond motifs is 1. The summed E-state index contributed by atoms with van der Waals surface area (Å²) in [7, 11) is 0. The van der Waals surface area contributed by atoms with Gasteiger partial charge in [-0.3, -0.25) is 14.9 Å². The normalized spacial score (nSPS) is 14.5. The van der Waals surface area contributed by atoms with Crippen LogP contribution in [-0.4, -0.2) is 40.9 Å². The van der Waals surface area contributed by atoms with E-state index in [-0.39, 0.29) is 23.6 Å². The molecule has 4 N–H and O–H groups in total. The minimum atomic E-state index is -4.89. The number of nitrogens with one attached hydrogen (secondary N) is 3. The third-order valence-corrected chi connectivity index (χ3v) is 8.52. The zero-order valence-electron chi connectivity index (χ0n) is 24.0. The highest BCUT2D eigenvalue weighted by atomic mass is 32.1. The van der Waals surface area contributed by atoms with E-state index in [0.29, 0.717) is 21.7 Å². The van der Waals surface area contributed by atoms with Crippen LogP contribution in [0.1, 0.15) is 77.5 Å². The van der Waals surface area contributed by atoms with E-state index in [1.165, 1.54) is 30.9 Å². The van der Waals surface area contributed by atoms with Gasteiger partial charge in [0.1, 0.15) is 5.52 Å². The Morgan fingerprint density at radius 2 is 1.62 bits per heavy atom. The van der Waals surface area contributed by atoms with Crippen LogP contribution in [0, 0.1) is 0 Å². The van der Waals surface area contributed by atoms with Gasteiger partial charge in [-0.1, -0.05) is 73.1 Å². The number of ether oxygens (including phenoxy) is 1. The highest BCUT2D eigenvalue weighted by Crippen LogP contribution is 2.36. The van der Waals surface area contributed by atoms with Crippen LogP contribution in [0.4, 0.5) is 23.1 Å². The Bertz CT molecular complexity index is 1650. The van der Waals surface area contributed by atoms with Gasteiger partial charge < -0.3 is 20.5 Å². The van der Waals surface area contributed by atoms with Crippen molar-refractivity contribution in [2.24, 2.45) is 0 Å². The number of urea groups is 1. The highest BCUT2D eigenvalue weighted by molar-refractivity contribution is 7.22. The van der Waals surface area contributed by atoms with Gasteiger partial charge in [0.25, 0.3) is 5.91 Å².